The van der Waals surface area contributed by atoms with Gasteiger partial charge in [0.05, 0.1) is 36.9 Å². The van der Waals surface area contributed by atoms with Gasteiger partial charge in [-0.2, -0.15) is 0 Å². The summed E-state index contributed by atoms with van der Waals surface area (Å²) in [6.45, 7) is 1.89. The predicted octanol–water partition coefficient (Wildman–Crippen LogP) is 3.88. The molecule has 7 nitrogen and oxygen atoms in total. The van der Waals surface area contributed by atoms with Crippen molar-refractivity contribution in [1.29, 1.82) is 0 Å². The van der Waals surface area contributed by atoms with Crippen molar-refractivity contribution in [3.8, 4) is 11.5 Å². The first-order chi connectivity index (χ1) is 14.5. The van der Waals surface area contributed by atoms with Crippen LogP contribution in [0.3, 0.4) is 0 Å². The zero-order valence-corrected chi connectivity index (χ0v) is 18.5. The first kappa shape index (κ1) is 21.7. The number of carbonyl (C=O) groups excluding carboxylic acids is 2. The van der Waals surface area contributed by atoms with Crippen molar-refractivity contribution in [2.45, 2.75) is 19.4 Å². The van der Waals surface area contributed by atoms with Gasteiger partial charge in [0.2, 0.25) is 0 Å². The number of nitrogens with one attached hydrogen (secondary N) is 2. The Hall–Kier alpha value is -3.00. The molecule has 0 fully saturated rings. The van der Waals surface area contributed by atoms with Crippen molar-refractivity contribution in [2.75, 3.05) is 20.8 Å². The molecule has 0 saturated carbocycles. The highest BCUT2D eigenvalue weighted by atomic mass is 79.9. The van der Waals surface area contributed by atoms with E-state index in [4.69, 9.17) is 14.2 Å². The molecule has 0 aromatic heterocycles. The van der Waals surface area contributed by atoms with Gasteiger partial charge in [-0.15, -0.1) is 0 Å². The van der Waals surface area contributed by atoms with E-state index in [1.54, 1.807) is 19.1 Å². The molecule has 1 aliphatic rings. The third-order valence-corrected chi connectivity index (χ3v) is 5.61. The summed E-state index contributed by atoms with van der Waals surface area (Å²) in [5.74, 6) is 0.531. The summed E-state index contributed by atoms with van der Waals surface area (Å²) >= 11 is 3.52. The number of carbonyl (C=O) groups is 2. The van der Waals surface area contributed by atoms with Crippen molar-refractivity contribution in [1.82, 2.24) is 10.6 Å². The number of hydrogen-bond acceptors (Lipinski definition) is 5. The van der Waals surface area contributed by atoms with Crippen molar-refractivity contribution in [3.63, 3.8) is 0 Å². The zero-order valence-electron chi connectivity index (χ0n) is 17.0. The maximum absolute atomic E-state index is 13.0. The van der Waals surface area contributed by atoms with Gasteiger partial charge < -0.3 is 24.8 Å². The fraction of sp³-hybridized carbons (Fsp3) is 0.273. The molecule has 8 heteroatoms. The highest BCUT2D eigenvalue weighted by molar-refractivity contribution is 9.10. The van der Waals surface area contributed by atoms with E-state index in [-0.39, 0.29) is 6.61 Å². The van der Waals surface area contributed by atoms with Crippen LogP contribution in [-0.2, 0) is 16.0 Å². The number of hydrogen-bond donors (Lipinski definition) is 2. The number of halogens is 1. The van der Waals surface area contributed by atoms with Crippen LogP contribution in [0.25, 0.3) is 0 Å². The SMILES string of the molecule is COc1ccc(OC)c([C@H]2NC(=O)NC(C)=C2C(=O)OCCc2ccccc2)c1Br. The van der Waals surface area contributed by atoms with Crippen LogP contribution in [0.1, 0.15) is 24.1 Å². The van der Waals surface area contributed by atoms with Crippen LogP contribution in [0.4, 0.5) is 4.79 Å². The number of allylic oxidation sites excluding steroid dienone is 1. The summed E-state index contributed by atoms with van der Waals surface area (Å²) in [6.07, 6.45) is 0.593. The number of ether oxygens (including phenoxy) is 3. The molecule has 0 radical (unpaired) electrons. The van der Waals surface area contributed by atoms with E-state index in [1.807, 2.05) is 30.3 Å². The fourth-order valence-corrected chi connectivity index (χ4v) is 4.04. The second kappa shape index (κ2) is 9.67. The molecule has 1 atom stereocenters. The van der Waals surface area contributed by atoms with Gasteiger partial charge in [-0.3, -0.25) is 0 Å². The van der Waals surface area contributed by atoms with E-state index < -0.39 is 18.0 Å². The Morgan fingerprint density at radius 2 is 1.73 bits per heavy atom. The molecule has 1 heterocycles. The molecule has 3 rings (SSSR count). The van der Waals surface area contributed by atoms with Gasteiger partial charge in [0.1, 0.15) is 11.5 Å². The molecule has 0 bridgehead atoms. The van der Waals surface area contributed by atoms with Crippen LogP contribution in [0, 0.1) is 0 Å². The Balaban J connectivity index is 1.91. The predicted molar refractivity (Wildman–Crippen MR) is 115 cm³/mol. The second-order valence-corrected chi connectivity index (χ2v) is 7.43. The standard InChI is InChI=1S/C22H23BrN2O5/c1-13-17(21(26)30-12-11-14-7-5-4-6-8-14)20(25-22(27)24-13)18-15(28-2)9-10-16(29-3)19(18)23/h4-10,20H,11-12H2,1-3H3,(H2,24,25,27)/t20-/m0/s1. The first-order valence-corrected chi connectivity index (χ1v) is 10.1. The molecule has 158 valence electrons. The topological polar surface area (TPSA) is 85.9 Å². The lowest BCUT2D eigenvalue weighted by atomic mass is 9.94. The van der Waals surface area contributed by atoms with E-state index in [1.165, 1.54) is 14.2 Å². The number of urea groups is 1. The van der Waals surface area contributed by atoms with Crippen LogP contribution in [-0.4, -0.2) is 32.8 Å². The summed E-state index contributed by atoms with van der Waals surface area (Å²) in [7, 11) is 3.06. The Kier molecular flexibility index (Phi) is 6.99. The minimum absolute atomic E-state index is 0.219. The summed E-state index contributed by atoms with van der Waals surface area (Å²) in [5.41, 5.74) is 2.36. The second-order valence-electron chi connectivity index (χ2n) is 6.64. The average molecular weight is 475 g/mol. The van der Waals surface area contributed by atoms with Crippen molar-refractivity contribution in [3.05, 3.63) is 69.3 Å². The lowest BCUT2D eigenvalue weighted by Crippen LogP contribution is -2.45. The monoisotopic (exact) mass is 474 g/mol. The third-order valence-electron chi connectivity index (χ3n) is 4.79. The Bertz CT molecular complexity index is 975. The van der Waals surface area contributed by atoms with Gasteiger partial charge >= 0.3 is 12.0 Å². The van der Waals surface area contributed by atoms with E-state index >= 15 is 0 Å². The minimum atomic E-state index is -0.776. The summed E-state index contributed by atoms with van der Waals surface area (Å²) in [5, 5.41) is 5.44. The van der Waals surface area contributed by atoms with Crippen LogP contribution in [0.15, 0.2) is 58.2 Å². The molecular formula is C22H23BrN2O5. The van der Waals surface area contributed by atoms with Crippen LogP contribution >= 0.6 is 15.9 Å². The van der Waals surface area contributed by atoms with Gasteiger partial charge in [0.15, 0.2) is 0 Å². The van der Waals surface area contributed by atoms with E-state index in [9.17, 15) is 9.59 Å². The number of esters is 1. The van der Waals surface area contributed by atoms with Crippen LogP contribution in [0.2, 0.25) is 0 Å². The normalized spacial score (nSPS) is 15.9. The van der Waals surface area contributed by atoms with Crippen molar-refractivity contribution < 1.29 is 23.8 Å². The molecule has 0 spiro atoms. The average Bonchev–Trinajstić information content (AvgIpc) is 2.73. The Labute approximate surface area is 183 Å². The molecule has 0 aliphatic carbocycles. The lowest BCUT2D eigenvalue weighted by Gasteiger charge is -2.30. The van der Waals surface area contributed by atoms with Gasteiger partial charge in [-0.05, 0) is 40.5 Å². The molecule has 2 aromatic rings. The fourth-order valence-electron chi connectivity index (χ4n) is 3.32. The molecule has 30 heavy (non-hydrogen) atoms. The number of amides is 2. The minimum Gasteiger partial charge on any atom is -0.496 e. The molecule has 2 amide bonds. The molecule has 1 aliphatic heterocycles. The smallest absolute Gasteiger partial charge is 0.338 e. The summed E-state index contributed by atoms with van der Waals surface area (Å²) in [4.78, 5) is 25.2. The zero-order chi connectivity index (χ0) is 21.7. The first-order valence-electron chi connectivity index (χ1n) is 9.36. The number of rotatable bonds is 7. The summed E-state index contributed by atoms with van der Waals surface area (Å²) < 4.78 is 17.0. The molecular weight excluding hydrogens is 452 g/mol. The number of benzene rings is 2. The molecule has 0 unspecified atom stereocenters. The van der Waals surface area contributed by atoms with Gasteiger partial charge in [-0.25, -0.2) is 9.59 Å². The van der Waals surface area contributed by atoms with Crippen molar-refractivity contribution in [2.24, 2.45) is 0 Å². The Morgan fingerprint density at radius 3 is 2.40 bits per heavy atom. The van der Waals surface area contributed by atoms with E-state index in [0.29, 0.717) is 39.2 Å². The third kappa shape index (κ3) is 4.59. The summed E-state index contributed by atoms with van der Waals surface area (Å²) in [6, 6.07) is 12.0. The van der Waals surface area contributed by atoms with E-state index in [2.05, 4.69) is 26.6 Å². The molecule has 2 N–H and O–H groups in total. The highest BCUT2D eigenvalue weighted by Crippen LogP contribution is 2.42. The Morgan fingerprint density at radius 1 is 1.07 bits per heavy atom. The van der Waals surface area contributed by atoms with Crippen molar-refractivity contribution >= 4 is 27.9 Å². The lowest BCUT2D eigenvalue weighted by molar-refractivity contribution is -0.139. The molecule has 2 aromatic carbocycles. The van der Waals surface area contributed by atoms with Gasteiger partial charge in [-0.1, -0.05) is 30.3 Å². The molecule has 0 saturated heterocycles. The van der Waals surface area contributed by atoms with Gasteiger partial charge in [0.25, 0.3) is 0 Å². The highest BCUT2D eigenvalue weighted by Gasteiger charge is 2.36. The van der Waals surface area contributed by atoms with Crippen LogP contribution in [0.5, 0.6) is 11.5 Å². The van der Waals surface area contributed by atoms with Crippen LogP contribution < -0.4 is 20.1 Å². The van der Waals surface area contributed by atoms with E-state index in [0.717, 1.165) is 5.56 Å². The number of methoxy groups -OCH3 is 2. The maximum Gasteiger partial charge on any atom is 0.338 e. The quantitative estimate of drug-likeness (QED) is 0.594. The largest absolute Gasteiger partial charge is 0.496 e. The van der Waals surface area contributed by atoms with Gasteiger partial charge in [0, 0.05) is 17.7 Å². The maximum atomic E-state index is 13.0.